The number of anilines is 1. The van der Waals surface area contributed by atoms with E-state index in [-0.39, 0.29) is 12.6 Å². The van der Waals surface area contributed by atoms with Crippen LogP contribution in [0.25, 0.3) is 0 Å². The van der Waals surface area contributed by atoms with E-state index >= 15 is 0 Å². The molecule has 0 aliphatic rings. The van der Waals surface area contributed by atoms with Gasteiger partial charge in [-0.1, -0.05) is 6.07 Å². The van der Waals surface area contributed by atoms with E-state index in [9.17, 15) is 0 Å². The largest absolute Gasteiger partial charge is 0.395 e. The number of rotatable bonds is 5. The molecule has 0 aliphatic heterocycles. The van der Waals surface area contributed by atoms with E-state index in [0.29, 0.717) is 6.54 Å². The first-order valence-electron chi connectivity index (χ1n) is 5.33. The maximum absolute atomic E-state index is 8.69. The van der Waals surface area contributed by atoms with Crippen molar-refractivity contribution in [1.29, 1.82) is 0 Å². The summed E-state index contributed by atoms with van der Waals surface area (Å²) in [6, 6.07) is 6.41. The van der Waals surface area contributed by atoms with Gasteiger partial charge in [-0.05, 0) is 43.5 Å². The second-order valence-electron chi connectivity index (χ2n) is 3.97. The van der Waals surface area contributed by atoms with Crippen molar-refractivity contribution in [3.05, 3.63) is 29.3 Å². The second kappa shape index (κ2) is 5.73. The lowest BCUT2D eigenvalue weighted by molar-refractivity contribution is 0.311. The SMILES string of the molecule is Cc1cc(NCCO)ccc1CC(C)N. The monoisotopic (exact) mass is 208 g/mol. The molecule has 0 aromatic heterocycles. The quantitative estimate of drug-likeness (QED) is 0.683. The van der Waals surface area contributed by atoms with Crippen LogP contribution in [0.4, 0.5) is 5.69 Å². The van der Waals surface area contributed by atoms with Gasteiger partial charge in [0, 0.05) is 18.3 Å². The van der Waals surface area contributed by atoms with E-state index in [2.05, 4.69) is 24.4 Å². The first kappa shape index (κ1) is 12.0. The van der Waals surface area contributed by atoms with Gasteiger partial charge in [0.2, 0.25) is 0 Å². The molecular weight excluding hydrogens is 188 g/mol. The van der Waals surface area contributed by atoms with Crippen molar-refractivity contribution in [2.45, 2.75) is 26.3 Å². The Bertz CT molecular complexity index is 310. The normalized spacial score (nSPS) is 12.5. The van der Waals surface area contributed by atoms with Crippen molar-refractivity contribution in [2.75, 3.05) is 18.5 Å². The van der Waals surface area contributed by atoms with Crippen LogP contribution >= 0.6 is 0 Å². The van der Waals surface area contributed by atoms with Crippen LogP contribution in [0.5, 0.6) is 0 Å². The van der Waals surface area contributed by atoms with Crippen LogP contribution in [0.15, 0.2) is 18.2 Å². The van der Waals surface area contributed by atoms with Crippen molar-refractivity contribution < 1.29 is 5.11 Å². The van der Waals surface area contributed by atoms with Gasteiger partial charge in [-0.25, -0.2) is 0 Å². The highest BCUT2D eigenvalue weighted by Gasteiger charge is 2.02. The second-order valence-corrected chi connectivity index (χ2v) is 3.97. The third kappa shape index (κ3) is 3.90. The molecule has 1 aromatic carbocycles. The molecule has 1 atom stereocenters. The van der Waals surface area contributed by atoms with E-state index in [4.69, 9.17) is 10.8 Å². The maximum Gasteiger partial charge on any atom is 0.0604 e. The molecule has 0 aliphatic carbocycles. The lowest BCUT2D eigenvalue weighted by Crippen LogP contribution is -2.18. The molecule has 1 rings (SSSR count). The van der Waals surface area contributed by atoms with Crippen molar-refractivity contribution in [3.8, 4) is 0 Å². The van der Waals surface area contributed by atoms with E-state index < -0.39 is 0 Å². The van der Waals surface area contributed by atoms with Gasteiger partial charge in [0.15, 0.2) is 0 Å². The summed E-state index contributed by atoms with van der Waals surface area (Å²) in [5, 5.41) is 11.8. The van der Waals surface area contributed by atoms with Gasteiger partial charge >= 0.3 is 0 Å². The number of nitrogens with one attached hydrogen (secondary N) is 1. The van der Waals surface area contributed by atoms with Crippen LogP contribution in [0, 0.1) is 6.92 Å². The summed E-state index contributed by atoms with van der Waals surface area (Å²) >= 11 is 0. The Hall–Kier alpha value is -1.06. The molecule has 3 heteroatoms. The van der Waals surface area contributed by atoms with Gasteiger partial charge in [0.1, 0.15) is 0 Å². The summed E-state index contributed by atoms with van der Waals surface area (Å²) in [7, 11) is 0. The minimum atomic E-state index is 0.153. The fourth-order valence-corrected chi connectivity index (χ4v) is 1.58. The lowest BCUT2D eigenvalue weighted by atomic mass is 10.0. The zero-order chi connectivity index (χ0) is 11.3. The Morgan fingerprint density at radius 1 is 1.47 bits per heavy atom. The van der Waals surface area contributed by atoms with Crippen molar-refractivity contribution >= 4 is 5.69 Å². The van der Waals surface area contributed by atoms with Crippen molar-refractivity contribution in [1.82, 2.24) is 0 Å². The minimum absolute atomic E-state index is 0.153. The number of hydrogen-bond acceptors (Lipinski definition) is 3. The Morgan fingerprint density at radius 3 is 2.73 bits per heavy atom. The van der Waals surface area contributed by atoms with Gasteiger partial charge in [-0.2, -0.15) is 0 Å². The molecule has 0 saturated heterocycles. The van der Waals surface area contributed by atoms with Crippen LogP contribution in [0.1, 0.15) is 18.1 Å². The molecule has 84 valence electrons. The molecule has 1 aromatic rings. The van der Waals surface area contributed by atoms with Crippen LogP contribution in [0.3, 0.4) is 0 Å². The molecule has 0 saturated carbocycles. The van der Waals surface area contributed by atoms with Crippen LogP contribution in [-0.4, -0.2) is 24.3 Å². The summed E-state index contributed by atoms with van der Waals surface area (Å²) in [6.45, 7) is 4.84. The molecular formula is C12H20N2O. The summed E-state index contributed by atoms with van der Waals surface area (Å²) in [4.78, 5) is 0. The maximum atomic E-state index is 8.69. The van der Waals surface area contributed by atoms with Crippen LogP contribution in [-0.2, 0) is 6.42 Å². The minimum Gasteiger partial charge on any atom is -0.395 e. The van der Waals surface area contributed by atoms with Gasteiger partial charge in [0.05, 0.1) is 6.61 Å². The Morgan fingerprint density at radius 2 is 2.20 bits per heavy atom. The molecule has 3 nitrogen and oxygen atoms in total. The van der Waals surface area contributed by atoms with Crippen LogP contribution < -0.4 is 11.1 Å². The smallest absolute Gasteiger partial charge is 0.0604 e. The van der Waals surface area contributed by atoms with Crippen molar-refractivity contribution in [3.63, 3.8) is 0 Å². The van der Waals surface area contributed by atoms with Gasteiger partial charge in [0.25, 0.3) is 0 Å². The highest BCUT2D eigenvalue weighted by Crippen LogP contribution is 2.16. The number of hydrogen-bond donors (Lipinski definition) is 3. The number of aliphatic hydroxyl groups is 1. The van der Waals surface area contributed by atoms with Crippen molar-refractivity contribution in [2.24, 2.45) is 5.73 Å². The molecule has 4 N–H and O–H groups in total. The number of nitrogens with two attached hydrogens (primary N) is 1. The van der Waals surface area contributed by atoms with E-state index in [1.54, 1.807) is 0 Å². The zero-order valence-corrected chi connectivity index (χ0v) is 9.46. The molecule has 0 radical (unpaired) electrons. The zero-order valence-electron chi connectivity index (χ0n) is 9.46. The fraction of sp³-hybridized carbons (Fsp3) is 0.500. The molecule has 0 heterocycles. The van der Waals surface area contributed by atoms with E-state index in [1.165, 1.54) is 11.1 Å². The summed E-state index contributed by atoms with van der Waals surface area (Å²) in [5.41, 5.74) is 9.35. The first-order chi connectivity index (χ1) is 7.13. The molecule has 0 amide bonds. The molecule has 0 fully saturated rings. The summed E-state index contributed by atoms with van der Waals surface area (Å²) < 4.78 is 0. The Kier molecular flexibility index (Phi) is 4.59. The third-order valence-corrected chi connectivity index (χ3v) is 2.33. The van der Waals surface area contributed by atoms with E-state index in [0.717, 1.165) is 12.1 Å². The predicted molar refractivity (Wildman–Crippen MR) is 64.1 cm³/mol. The van der Waals surface area contributed by atoms with E-state index in [1.807, 2.05) is 13.0 Å². The number of aryl methyl sites for hydroxylation is 1. The lowest BCUT2D eigenvalue weighted by Gasteiger charge is -2.11. The number of aliphatic hydroxyl groups excluding tert-OH is 1. The fourth-order valence-electron chi connectivity index (χ4n) is 1.58. The highest BCUT2D eigenvalue weighted by molar-refractivity contribution is 5.48. The average molecular weight is 208 g/mol. The van der Waals surface area contributed by atoms with Gasteiger partial charge < -0.3 is 16.2 Å². The molecule has 15 heavy (non-hydrogen) atoms. The summed E-state index contributed by atoms with van der Waals surface area (Å²) in [6.07, 6.45) is 0.909. The Labute approximate surface area is 91.3 Å². The molecule has 0 spiro atoms. The number of benzene rings is 1. The third-order valence-electron chi connectivity index (χ3n) is 2.33. The van der Waals surface area contributed by atoms with Gasteiger partial charge in [-0.3, -0.25) is 0 Å². The molecule has 1 unspecified atom stereocenters. The first-order valence-corrected chi connectivity index (χ1v) is 5.33. The molecule has 0 bridgehead atoms. The standard InChI is InChI=1S/C12H20N2O/c1-9-7-12(14-5-6-15)4-3-11(9)8-10(2)13/h3-4,7,10,14-15H,5-6,8,13H2,1-2H3. The predicted octanol–water partition coefficient (Wildman–Crippen LogP) is 1.29. The highest BCUT2D eigenvalue weighted by atomic mass is 16.3. The Balaban J connectivity index is 2.70. The summed E-state index contributed by atoms with van der Waals surface area (Å²) in [5.74, 6) is 0. The van der Waals surface area contributed by atoms with Crippen LogP contribution in [0.2, 0.25) is 0 Å². The average Bonchev–Trinajstić information content (AvgIpc) is 2.18. The van der Waals surface area contributed by atoms with Gasteiger partial charge in [-0.15, -0.1) is 0 Å². The topological polar surface area (TPSA) is 58.3 Å².